The molecule has 0 saturated heterocycles. The van der Waals surface area contributed by atoms with E-state index in [0.717, 1.165) is 18.4 Å². The first kappa shape index (κ1) is 11.2. The van der Waals surface area contributed by atoms with Gasteiger partial charge in [-0.05, 0) is 30.9 Å². The van der Waals surface area contributed by atoms with Crippen molar-refractivity contribution in [3.63, 3.8) is 0 Å². The Labute approximate surface area is 105 Å². The minimum Gasteiger partial charge on any atom is -0.496 e. The van der Waals surface area contributed by atoms with Crippen LogP contribution in [0, 0.1) is 5.92 Å². The van der Waals surface area contributed by atoms with Crippen LogP contribution < -0.4 is 10.5 Å². The van der Waals surface area contributed by atoms with E-state index in [2.05, 4.69) is 10.1 Å². The van der Waals surface area contributed by atoms with E-state index in [1.165, 1.54) is 0 Å². The van der Waals surface area contributed by atoms with Gasteiger partial charge in [-0.2, -0.15) is 4.98 Å². The van der Waals surface area contributed by atoms with Crippen LogP contribution in [-0.4, -0.2) is 17.3 Å². The number of methoxy groups -OCH3 is 1. The van der Waals surface area contributed by atoms with Crippen LogP contribution in [0.3, 0.4) is 0 Å². The summed E-state index contributed by atoms with van der Waals surface area (Å²) in [5, 5.41) is 3.96. The molecule has 0 spiro atoms. The molecule has 1 unspecified atom stereocenters. The van der Waals surface area contributed by atoms with Gasteiger partial charge in [0.2, 0.25) is 0 Å². The number of nitrogens with two attached hydrogens (primary N) is 1. The Morgan fingerprint density at radius 3 is 2.89 bits per heavy atom. The van der Waals surface area contributed by atoms with Gasteiger partial charge in [0.25, 0.3) is 5.89 Å². The highest BCUT2D eigenvalue weighted by Crippen LogP contribution is 2.39. The predicted molar refractivity (Wildman–Crippen MR) is 65.9 cm³/mol. The molecule has 1 heterocycles. The Kier molecular flexibility index (Phi) is 2.76. The topological polar surface area (TPSA) is 74.2 Å². The van der Waals surface area contributed by atoms with Crippen molar-refractivity contribution < 1.29 is 9.26 Å². The molecule has 2 N–H and O–H groups in total. The Balaban J connectivity index is 1.92. The van der Waals surface area contributed by atoms with Crippen molar-refractivity contribution in [2.75, 3.05) is 7.11 Å². The van der Waals surface area contributed by atoms with Crippen LogP contribution in [0.4, 0.5) is 0 Å². The summed E-state index contributed by atoms with van der Waals surface area (Å²) in [5.74, 6) is 2.26. The number of hydrogen-bond donors (Lipinski definition) is 1. The smallest absolute Gasteiger partial charge is 0.261 e. The molecular weight excluding hydrogens is 230 g/mol. The predicted octanol–water partition coefficient (Wildman–Crippen LogP) is 2.16. The lowest BCUT2D eigenvalue weighted by molar-refractivity contribution is 0.398. The van der Waals surface area contributed by atoms with Crippen molar-refractivity contribution in [2.45, 2.75) is 18.9 Å². The fourth-order valence-corrected chi connectivity index (χ4v) is 1.97. The molecule has 1 aliphatic carbocycles. The van der Waals surface area contributed by atoms with Gasteiger partial charge in [-0.15, -0.1) is 0 Å². The molecule has 94 valence electrons. The summed E-state index contributed by atoms with van der Waals surface area (Å²) >= 11 is 0. The first-order valence-corrected chi connectivity index (χ1v) is 6.02. The monoisotopic (exact) mass is 245 g/mol. The first-order valence-electron chi connectivity index (χ1n) is 6.02. The van der Waals surface area contributed by atoms with Crippen LogP contribution in [0.1, 0.15) is 24.7 Å². The number of rotatable bonds is 4. The highest BCUT2D eigenvalue weighted by molar-refractivity contribution is 5.62. The third-order valence-electron chi connectivity index (χ3n) is 3.21. The van der Waals surface area contributed by atoms with E-state index in [-0.39, 0.29) is 6.04 Å². The van der Waals surface area contributed by atoms with Gasteiger partial charge in [0.1, 0.15) is 5.75 Å². The zero-order valence-electron chi connectivity index (χ0n) is 10.2. The standard InChI is InChI=1S/C13H15N3O2/c1-17-10-5-3-2-4-9(10)13-15-12(16-18-13)11(14)8-6-7-8/h2-5,8,11H,6-7,14H2,1H3. The van der Waals surface area contributed by atoms with Gasteiger partial charge in [0.15, 0.2) is 5.82 Å². The first-order chi connectivity index (χ1) is 8.79. The van der Waals surface area contributed by atoms with Gasteiger partial charge in [-0.25, -0.2) is 0 Å². The maximum absolute atomic E-state index is 6.05. The third-order valence-corrected chi connectivity index (χ3v) is 3.21. The molecule has 5 nitrogen and oxygen atoms in total. The molecule has 2 aromatic rings. The molecule has 0 amide bonds. The van der Waals surface area contributed by atoms with Crippen molar-refractivity contribution >= 4 is 0 Å². The summed E-state index contributed by atoms with van der Waals surface area (Å²) < 4.78 is 10.5. The van der Waals surface area contributed by atoms with E-state index in [4.69, 9.17) is 15.0 Å². The second-order valence-electron chi connectivity index (χ2n) is 4.52. The average molecular weight is 245 g/mol. The zero-order valence-corrected chi connectivity index (χ0v) is 10.2. The van der Waals surface area contributed by atoms with Gasteiger partial charge < -0.3 is 15.0 Å². The van der Waals surface area contributed by atoms with E-state index in [1.54, 1.807) is 7.11 Å². The van der Waals surface area contributed by atoms with Crippen molar-refractivity contribution in [1.29, 1.82) is 0 Å². The third kappa shape index (κ3) is 1.97. The number of hydrogen-bond acceptors (Lipinski definition) is 5. The minimum atomic E-state index is -0.114. The van der Waals surface area contributed by atoms with Crippen LogP contribution in [0.2, 0.25) is 0 Å². The summed E-state index contributed by atoms with van der Waals surface area (Å²) in [6.07, 6.45) is 2.30. The van der Waals surface area contributed by atoms with Gasteiger partial charge in [-0.1, -0.05) is 17.3 Å². The SMILES string of the molecule is COc1ccccc1-c1nc(C(N)C2CC2)no1. The lowest BCUT2D eigenvalue weighted by atomic mass is 10.2. The van der Waals surface area contributed by atoms with Crippen LogP contribution in [0.25, 0.3) is 11.5 Å². The van der Waals surface area contributed by atoms with Crippen molar-refractivity contribution in [2.24, 2.45) is 11.7 Å². The molecular formula is C13H15N3O2. The number of para-hydroxylation sites is 1. The fraction of sp³-hybridized carbons (Fsp3) is 0.385. The van der Waals surface area contributed by atoms with Crippen molar-refractivity contribution in [1.82, 2.24) is 10.1 Å². The number of benzene rings is 1. The Hall–Kier alpha value is -1.88. The highest BCUT2D eigenvalue weighted by atomic mass is 16.5. The molecule has 1 aliphatic rings. The lowest BCUT2D eigenvalue weighted by Crippen LogP contribution is -2.13. The van der Waals surface area contributed by atoms with Crippen LogP contribution in [0.15, 0.2) is 28.8 Å². The Morgan fingerprint density at radius 2 is 2.17 bits per heavy atom. The van der Waals surface area contributed by atoms with Gasteiger partial charge in [0.05, 0.1) is 18.7 Å². The second-order valence-corrected chi connectivity index (χ2v) is 4.52. The summed E-state index contributed by atoms with van der Waals surface area (Å²) in [5.41, 5.74) is 6.84. The minimum absolute atomic E-state index is 0.114. The zero-order chi connectivity index (χ0) is 12.5. The lowest BCUT2D eigenvalue weighted by Gasteiger charge is -2.03. The molecule has 1 fully saturated rings. The summed E-state index contributed by atoms with van der Waals surface area (Å²) in [6, 6.07) is 7.44. The van der Waals surface area contributed by atoms with E-state index in [1.807, 2.05) is 24.3 Å². The summed E-state index contributed by atoms with van der Waals surface area (Å²) in [4.78, 5) is 4.37. The molecule has 1 aromatic carbocycles. The molecule has 0 bridgehead atoms. The Bertz CT molecular complexity index is 549. The van der Waals surface area contributed by atoms with Crippen molar-refractivity contribution in [3.05, 3.63) is 30.1 Å². The molecule has 0 radical (unpaired) electrons. The van der Waals surface area contributed by atoms with Gasteiger partial charge >= 0.3 is 0 Å². The quantitative estimate of drug-likeness (QED) is 0.893. The maximum Gasteiger partial charge on any atom is 0.261 e. The number of aromatic nitrogens is 2. The molecule has 1 aromatic heterocycles. The second kappa shape index (κ2) is 4.42. The molecule has 1 saturated carbocycles. The molecule has 5 heteroatoms. The molecule has 18 heavy (non-hydrogen) atoms. The van der Waals surface area contributed by atoms with Crippen LogP contribution >= 0.6 is 0 Å². The normalized spacial score (nSPS) is 16.6. The molecule has 1 atom stereocenters. The Morgan fingerprint density at radius 1 is 1.39 bits per heavy atom. The van der Waals surface area contributed by atoms with Crippen LogP contribution in [-0.2, 0) is 0 Å². The summed E-state index contributed by atoms with van der Waals surface area (Å²) in [6.45, 7) is 0. The van der Waals surface area contributed by atoms with E-state index in [0.29, 0.717) is 23.4 Å². The highest BCUT2D eigenvalue weighted by Gasteiger charge is 2.32. The largest absolute Gasteiger partial charge is 0.496 e. The van der Waals surface area contributed by atoms with Gasteiger partial charge in [-0.3, -0.25) is 0 Å². The number of ether oxygens (including phenoxy) is 1. The molecule has 3 rings (SSSR count). The average Bonchev–Trinajstić information content (AvgIpc) is 3.15. The van der Waals surface area contributed by atoms with E-state index < -0.39 is 0 Å². The van der Waals surface area contributed by atoms with Gasteiger partial charge in [0, 0.05) is 0 Å². The van der Waals surface area contributed by atoms with E-state index in [9.17, 15) is 0 Å². The van der Waals surface area contributed by atoms with E-state index >= 15 is 0 Å². The maximum atomic E-state index is 6.05. The van der Waals surface area contributed by atoms with Crippen LogP contribution in [0.5, 0.6) is 5.75 Å². The number of nitrogens with zero attached hydrogens (tertiary/aromatic N) is 2. The van der Waals surface area contributed by atoms with Crippen molar-refractivity contribution in [3.8, 4) is 17.2 Å². The molecule has 0 aliphatic heterocycles. The fourth-order valence-electron chi connectivity index (χ4n) is 1.97. The summed E-state index contributed by atoms with van der Waals surface area (Å²) in [7, 11) is 1.62.